The number of rotatable bonds is 4. The Balaban J connectivity index is 1.99. The molecule has 1 aromatic rings. The van der Waals surface area contributed by atoms with Crippen molar-refractivity contribution in [2.45, 2.75) is 32.3 Å². The molecule has 0 aliphatic carbocycles. The minimum atomic E-state index is -1.03. The lowest BCUT2D eigenvalue weighted by atomic mass is 10.1. The quantitative estimate of drug-likeness (QED) is 0.920. The summed E-state index contributed by atoms with van der Waals surface area (Å²) in [5, 5.41) is 10.6. The average molecular weight is 283 g/mol. The fourth-order valence-electron chi connectivity index (χ4n) is 2.16. The molecule has 0 saturated carbocycles. The van der Waals surface area contributed by atoms with Gasteiger partial charge in [0.1, 0.15) is 5.75 Å². The third kappa shape index (κ3) is 3.26. The second-order valence-corrected chi connectivity index (χ2v) is 5.48. The maximum atomic E-state index is 12.2. The molecule has 1 atom stereocenters. The van der Waals surface area contributed by atoms with Crippen molar-refractivity contribution in [3.63, 3.8) is 0 Å². The van der Waals surface area contributed by atoms with Crippen LogP contribution in [0.15, 0.2) is 11.4 Å². The zero-order chi connectivity index (χ0) is 13.8. The number of hydrogen-bond acceptors (Lipinski definition) is 4. The van der Waals surface area contributed by atoms with E-state index in [2.05, 4.69) is 0 Å². The van der Waals surface area contributed by atoms with Crippen LogP contribution in [-0.2, 0) is 4.79 Å². The van der Waals surface area contributed by atoms with Gasteiger partial charge in [-0.25, -0.2) is 4.79 Å². The summed E-state index contributed by atoms with van der Waals surface area (Å²) in [7, 11) is 0. The molecule has 104 valence electrons. The summed E-state index contributed by atoms with van der Waals surface area (Å²) in [6, 6.07) is 1.59. The summed E-state index contributed by atoms with van der Waals surface area (Å²) in [6.45, 7) is 3.20. The Morgan fingerprint density at radius 1 is 1.37 bits per heavy atom. The predicted octanol–water partition coefficient (Wildman–Crippen LogP) is 2.23. The lowest BCUT2D eigenvalue weighted by Crippen LogP contribution is -2.43. The molecule has 0 aromatic carbocycles. The molecule has 1 N–H and O–H groups in total. The first-order valence-corrected chi connectivity index (χ1v) is 7.24. The van der Waals surface area contributed by atoms with E-state index in [1.807, 2.05) is 0 Å². The van der Waals surface area contributed by atoms with Crippen LogP contribution >= 0.6 is 11.3 Å². The van der Waals surface area contributed by atoms with Gasteiger partial charge in [0.15, 0.2) is 11.0 Å². The molecule has 1 unspecified atom stereocenters. The highest BCUT2D eigenvalue weighted by Gasteiger charge is 2.25. The van der Waals surface area contributed by atoms with Crippen molar-refractivity contribution < 1.29 is 19.4 Å². The van der Waals surface area contributed by atoms with Gasteiger partial charge in [0, 0.05) is 13.1 Å². The summed E-state index contributed by atoms with van der Waals surface area (Å²) in [5.41, 5.74) is 0. The van der Waals surface area contributed by atoms with Crippen molar-refractivity contribution >= 4 is 23.2 Å². The van der Waals surface area contributed by atoms with Gasteiger partial charge < -0.3 is 14.7 Å². The van der Waals surface area contributed by atoms with Crippen molar-refractivity contribution in [3.05, 3.63) is 16.3 Å². The second kappa shape index (κ2) is 6.06. The van der Waals surface area contributed by atoms with Gasteiger partial charge in [0.05, 0.1) is 0 Å². The normalized spacial score (nSPS) is 17.0. The topological polar surface area (TPSA) is 66.8 Å². The average Bonchev–Trinajstić information content (AvgIpc) is 2.87. The Kier molecular flexibility index (Phi) is 4.42. The fraction of sp³-hybridized carbons (Fsp3) is 0.538. The van der Waals surface area contributed by atoms with Gasteiger partial charge in [-0.15, -0.1) is 11.3 Å². The Morgan fingerprint density at radius 3 is 2.68 bits per heavy atom. The van der Waals surface area contributed by atoms with Crippen LogP contribution < -0.4 is 4.74 Å². The van der Waals surface area contributed by atoms with Crippen LogP contribution in [0.3, 0.4) is 0 Å². The number of piperidine rings is 1. The Bertz CT molecular complexity index is 465. The molecule has 5 nitrogen and oxygen atoms in total. The van der Waals surface area contributed by atoms with Crippen LogP contribution in [0.5, 0.6) is 5.75 Å². The number of thiophene rings is 1. The van der Waals surface area contributed by atoms with Crippen LogP contribution in [-0.4, -0.2) is 41.1 Å². The van der Waals surface area contributed by atoms with Crippen LogP contribution in [0.4, 0.5) is 0 Å². The maximum absolute atomic E-state index is 12.2. The minimum absolute atomic E-state index is 0.0674. The second-order valence-electron chi connectivity index (χ2n) is 4.57. The molecule has 1 saturated heterocycles. The Labute approximate surface area is 115 Å². The molecule has 2 rings (SSSR count). The van der Waals surface area contributed by atoms with Gasteiger partial charge in [-0.05, 0) is 37.6 Å². The lowest BCUT2D eigenvalue weighted by Gasteiger charge is -2.29. The van der Waals surface area contributed by atoms with Gasteiger partial charge >= 0.3 is 5.97 Å². The van der Waals surface area contributed by atoms with Gasteiger partial charge in [-0.1, -0.05) is 0 Å². The number of carbonyl (C=O) groups is 2. The van der Waals surface area contributed by atoms with E-state index >= 15 is 0 Å². The zero-order valence-electron chi connectivity index (χ0n) is 10.8. The molecule has 1 aromatic heterocycles. The number of aromatic carboxylic acids is 1. The number of hydrogen-bond donors (Lipinski definition) is 1. The van der Waals surface area contributed by atoms with E-state index in [1.54, 1.807) is 23.3 Å². The van der Waals surface area contributed by atoms with E-state index < -0.39 is 12.1 Å². The fourth-order valence-corrected chi connectivity index (χ4v) is 2.82. The van der Waals surface area contributed by atoms with Crippen molar-refractivity contribution in [2.24, 2.45) is 0 Å². The van der Waals surface area contributed by atoms with Crippen LogP contribution in [0, 0.1) is 0 Å². The van der Waals surface area contributed by atoms with E-state index in [4.69, 9.17) is 9.84 Å². The first-order valence-electron chi connectivity index (χ1n) is 6.36. The highest BCUT2D eigenvalue weighted by Crippen LogP contribution is 2.26. The SMILES string of the molecule is CC(Oc1ccsc1C(=O)O)C(=O)N1CCCCC1. The Hall–Kier alpha value is -1.56. The first-order chi connectivity index (χ1) is 9.09. The molecular formula is C13H17NO4S. The molecule has 2 heterocycles. The van der Waals surface area contributed by atoms with E-state index in [1.165, 1.54) is 0 Å². The van der Waals surface area contributed by atoms with Crippen LogP contribution in [0.2, 0.25) is 0 Å². The number of carboxylic acids is 1. The zero-order valence-corrected chi connectivity index (χ0v) is 11.6. The van der Waals surface area contributed by atoms with E-state index in [0.29, 0.717) is 0 Å². The smallest absolute Gasteiger partial charge is 0.349 e. The molecule has 1 amide bonds. The maximum Gasteiger partial charge on any atom is 0.349 e. The molecule has 1 aliphatic rings. The molecule has 0 radical (unpaired) electrons. The largest absolute Gasteiger partial charge is 0.479 e. The summed E-state index contributed by atoms with van der Waals surface area (Å²) in [6.07, 6.45) is 2.56. The summed E-state index contributed by atoms with van der Waals surface area (Å²) in [4.78, 5) is 25.1. The number of likely N-dealkylation sites (tertiary alicyclic amines) is 1. The van der Waals surface area contributed by atoms with Crippen molar-refractivity contribution in [2.75, 3.05) is 13.1 Å². The van der Waals surface area contributed by atoms with E-state index in [-0.39, 0.29) is 16.5 Å². The predicted molar refractivity (Wildman–Crippen MR) is 71.8 cm³/mol. The molecule has 19 heavy (non-hydrogen) atoms. The first kappa shape index (κ1) is 13.9. The monoisotopic (exact) mass is 283 g/mol. The summed E-state index contributed by atoms with van der Waals surface area (Å²) < 4.78 is 5.50. The molecular weight excluding hydrogens is 266 g/mol. The van der Waals surface area contributed by atoms with Gasteiger partial charge in [-0.2, -0.15) is 0 Å². The minimum Gasteiger partial charge on any atom is -0.479 e. The number of nitrogens with zero attached hydrogens (tertiary/aromatic N) is 1. The van der Waals surface area contributed by atoms with E-state index in [9.17, 15) is 9.59 Å². The highest BCUT2D eigenvalue weighted by atomic mass is 32.1. The molecule has 1 aliphatic heterocycles. The number of carbonyl (C=O) groups excluding carboxylic acids is 1. The van der Waals surface area contributed by atoms with Gasteiger partial charge in [0.25, 0.3) is 5.91 Å². The van der Waals surface area contributed by atoms with Crippen molar-refractivity contribution in [1.82, 2.24) is 4.90 Å². The lowest BCUT2D eigenvalue weighted by molar-refractivity contribution is -0.138. The van der Waals surface area contributed by atoms with E-state index in [0.717, 1.165) is 43.7 Å². The Morgan fingerprint density at radius 2 is 2.05 bits per heavy atom. The third-order valence-corrected chi connectivity index (χ3v) is 4.03. The summed E-state index contributed by atoms with van der Waals surface area (Å²) >= 11 is 1.10. The van der Waals surface area contributed by atoms with Gasteiger partial charge in [0.2, 0.25) is 0 Å². The summed E-state index contributed by atoms with van der Waals surface area (Å²) in [5.74, 6) is -0.819. The van der Waals surface area contributed by atoms with Crippen LogP contribution in [0.1, 0.15) is 35.9 Å². The number of amides is 1. The standard InChI is InChI=1S/C13H17NO4S/c1-9(12(15)14-6-3-2-4-7-14)18-10-5-8-19-11(10)13(16)17/h5,8-9H,2-4,6-7H2,1H3,(H,16,17). The van der Waals surface area contributed by atoms with Gasteiger partial charge in [-0.3, -0.25) is 4.79 Å². The molecule has 6 heteroatoms. The van der Waals surface area contributed by atoms with Crippen molar-refractivity contribution in [1.29, 1.82) is 0 Å². The number of carboxylic acid groups (broad SMARTS) is 1. The molecule has 0 spiro atoms. The number of ether oxygens (including phenoxy) is 1. The molecule has 1 fully saturated rings. The van der Waals surface area contributed by atoms with Crippen LogP contribution in [0.25, 0.3) is 0 Å². The molecule has 0 bridgehead atoms. The highest BCUT2D eigenvalue weighted by molar-refractivity contribution is 7.12. The third-order valence-electron chi connectivity index (χ3n) is 3.14. The van der Waals surface area contributed by atoms with Crippen molar-refractivity contribution in [3.8, 4) is 5.75 Å².